The molecule has 0 aromatic heterocycles. The molecule has 0 aliphatic heterocycles. The van der Waals surface area contributed by atoms with E-state index in [4.69, 9.17) is 10.2 Å². The van der Waals surface area contributed by atoms with Crippen LogP contribution in [0.4, 0.5) is 0 Å². The lowest BCUT2D eigenvalue weighted by molar-refractivity contribution is -0.148. The van der Waals surface area contributed by atoms with Crippen LogP contribution < -0.4 is 5.32 Å². The zero-order chi connectivity index (χ0) is 14.8. The summed E-state index contributed by atoms with van der Waals surface area (Å²) in [5.74, 6) is -0.812. The third-order valence-corrected chi connectivity index (χ3v) is 2.85. The number of carbonyl (C=O) groups is 1. The van der Waals surface area contributed by atoms with Gasteiger partial charge in [0.25, 0.3) is 5.91 Å². The molecular formula is C12H25NO6. The summed E-state index contributed by atoms with van der Waals surface area (Å²) in [4.78, 5) is 11.5. The summed E-state index contributed by atoms with van der Waals surface area (Å²) in [5.41, 5.74) is 0. The predicted molar refractivity (Wildman–Crippen MR) is 68.3 cm³/mol. The number of carbonyl (C=O) groups excluding carboxylic acids is 1. The highest BCUT2D eigenvalue weighted by Gasteiger charge is 2.33. The minimum absolute atomic E-state index is 0.376. The second-order valence-corrected chi connectivity index (χ2v) is 4.53. The number of rotatable bonds is 10. The smallest absolute Gasteiger partial charge is 0.251 e. The molecule has 0 saturated heterocycles. The molecule has 0 bridgehead atoms. The van der Waals surface area contributed by atoms with Crippen LogP contribution in [-0.4, -0.2) is 69.0 Å². The Morgan fingerprint density at radius 3 is 2.21 bits per heavy atom. The van der Waals surface area contributed by atoms with E-state index < -0.39 is 36.9 Å². The Bertz CT molecular complexity index is 250. The van der Waals surface area contributed by atoms with E-state index in [1.807, 2.05) is 0 Å². The van der Waals surface area contributed by atoms with Crippen LogP contribution in [0.2, 0.25) is 0 Å². The van der Waals surface area contributed by atoms with E-state index in [2.05, 4.69) is 12.2 Å². The fourth-order valence-corrected chi connectivity index (χ4v) is 1.55. The van der Waals surface area contributed by atoms with Crippen molar-refractivity contribution in [3.05, 3.63) is 0 Å². The molecule has 4 atom stereocenters. The van der Waals surface area contributed by atoms with Gasteiger partial charge in [0.15, 0.2) is 6.10 Å². The van der Waals surface area contributed by atoms with E-state index in [-0.39, 0.29) is 0 Å². The first-order valence-corrected chi connectivity index (χ1v) is 6.56. The van der Waals surface area contributed by atoms with Crippen molar-refractivity contribution in [2.24, 2.45) is 0 Å². The Balaban J connectivity index is 4.03. The average molecular weight is 279 g/mol. The first-order valence-electron chi connectivity index (χ1n) is 6.56. The molecule has 4 unspecified atom stereocenters. The Hall–Kier alpha value is -0.730. The van der Waals surface area contributed by atoms with Gasteiger partial charge < -0.3 is 30.8 Å². The second kappa shape index (κ2) is 10.1. The number of hydrogen-bond donors (Lipinski definition) is 6. The number of amides is 1. The van der Waals surface area contributed by atoms with Gasteiger partial charge in [-0.2, -0.15) is 0 Å². The van der Waals surface area contributed by atoms with Crippen molar-refractivity contribution in [2.75, 3.05) is 13.2 Å². The van der Waals surface area contributed by atoms with Crippen molar-refractivity contribution in [2.45, 2.75) is 57.0 Å². The van der Waals surface area contributed by atoms with E-state index in [0.29, 0.717) is 6.54 Å². The van der Waals surface area contributed by atoms with E-state index in [1.165, 1.54) is 0 Å². The molecule has 0 fully saturated rings. The van der Waals surface area contributed by atoms with E-state index in [1.54, 1.807) is 0 Å². The van der Waals surface area contributed by atoms with Crippen LogP contribution in [0.3, 0.4) is 0 Å². The first kappa shape index (κ1) is 18.3. The summed E-state index contributed by atoms with van der Waals surface area (Å²) in [5, 5.41) is 48.4. The fraction of sp³-hybridized carbons (Fsp3) is 0.917. The highest BCUT2D eigenvalue weighted by molar-refractivity contribution is 5.81. The van der Waals surface area contributed by atoms with E-state index in [0.717, 1.165) is 25.7 Å². The molecule has 0 aliphatic carbocycles. The lowest BCUT2D eigenvalue weighted by atomic mass is 10.0. The Labute approximate surface area is 112 Å². The molecule has 0 saturated carbocycles. The molecule has 0 rings (SSSR count). The molecule has 0 aromatic rings. The van der Waals surface area contributed by atoms with Crippen LogP contribution in [0.15, 0.2) is 0 Å². The summed E-state index contributed by atoms with van der Waals surface area (Å²) >= 11 is 0. The summed E-state index contributed by atoms with van der Waals surface area (Å²) < 4.78 is 0. The lowest BCUT2D eigenvalue weighted by Crippen LogP contribution is -2.51. The van der Waals surface area contributed by atoms with Gasteiger partial charge in [-0.1, -0.05) is 26.2 Å². The Kier molecular flexibility index (Phi) is 9.72. The number of hydrogen-bond acceptors (Lipinski definition) is 6. The van der Waals surface area contributed by atoms with Gasteiger partial charge in [-0.05, 0) is 6.42 Å². The molecular weight excluding hydrogens is 254 g/mol. The summed E-state index contributed by atoms with van der Waals surface area (Å²) in [6, 6.07) is 0. The average Bonchev–Trinajstić information content (AvgIpc) is 2.43. The molecule has 0 aliphatic rings. The van der Waals surface area contributed by atoms with E-state index >= 15 is 0 Å². The van der Waals surface area contributed by atoms with Crippen LogP contribution in [0, 0.1) is 0 Å². The van der Waals surface area contributed by atoms with Gasteiger partial charge in [0, 0.05) is 6.54 Å². The highest BCUT2D eigenvalue weighted by Crippen LogP contribution is 2.05. The third-order valence-electron chi connectivity index (χ3n) is 2.85. The number of aliphatic hydroxyl groups excluding tert-OH is 5. The van der Waals surface area contributed by atoms with Crippen molar-refractivity contribution < 1.29 is 30.3 Å². The maximum Gasteiger partial charge on any atom is 0.251 e. The SMILES string of the molecule is CCCCCCNC(=O)C(O)C(O)C(O)C(O)CO. The van der Waals surface area contributed by atoms with Crippen molar-refractivity contribution in [1.82, 2.24) is 5.32 Å². The molecule has 0 heterocycles. The first-order chi connectivity index (χ1) is 8.95. The van der Waals surface area contributed by atoms with Crippen molar-refractivity contribution in [3.63, 3.8) is 0 Å². The maximum absolute atomic E-state index is 11.5. The molecule has 7 heteroatoms. The third kappa shape index (κ3) is 6.84. The second-order valence-electron chi connectivity index (χ2n) is 4.53. The van der Waals surface area contributed by atoms with Gasteiger partial charge in [0.1, 0.15) is 18.3 Å². The fourth-order valence-electron chi connectivity index (χ4n) is 1.55. The summed E-state index contributed by atoms with van der Waals surface area (Å²) in [7, 11) is 0. The molecule has 19 heavy (non-hydrogen) atoms. The predicted octanol–water partition coefficient (Wildman–Crippen LogP) is -1.88. The van der Waals surface area contributed by atoms with Crippen LogP contribution in [0.25, 0.3) is 0 Å². The van der Waals surface area contributed by atoms with Gasteiger partial charge in [-0.15, -0.1) is 0 Å². The maximum atomic E-state index is 11.5. The Morgan fingerprint density at radius 1 is 1.05 bits per heavy atom. The summed E-state index contributed by atoms with van der Waals surface area (Å²) in [6.07, 6.45) is -3.23. The minimum Gasteiger partial charge on any atom is -0.394 e. The van der Waals surface area contributed by atoms with Crippen molar-refractivity contribution in [1.29, 1.82) is 0 Å². The largest absolute Gasteiger partial charge is 0.394 e. The molecule has 7 nitrogen and oxygen atoms in total. The number of nitrogens with one attached hydrogen (secondary N) is 1. The molecule has 0 aromatic carbocycles. The van der Waals surface area contributed by atoms with Gasteiger partial charge >= 0.3 is 0 Å². The zero-order valence-electron chi connectivity index (χ0n) is 11.2. The normalized spacial score (nSPS) is 17.6. The standard InChI is InChI=1S/C12H25NO6/c1-2-3-4-5-6-13-12(19)11(18)10(17)9(16)8(15)7-14/h8-11,14-18H,2-7H2,1H3,(H,13,19). The minimum atomic E-state index is -1.85. The Morgan fingerprint density at radius 2 is 1.68 bits per heavy atom. The molecule has 6 N–H and O–H groups in total. The monoisotopic (exact) mass is 279 g/mol. The zero-order valence-corrected chi connectivity index (χ0v) is 11.2. The highest BCUT2D eigenvalue weighted by atomic mass is 16.4. The van der Waals surface area contributed by atoms with Crippen molar-refractivity contribution in [3.8, 4) is 0 Å². The topological polar surface area (TPSA) is 130 Å². The van der Waals surface area contributed by atoms with Crippen LogP contribution in [-0.2, 0) is 4.79 Å². The van der Waals surface area contributed by atoms with E-state index in [9.17, 15) is 20.1 Å². The molecule has 0 spiro atoms. The summed E-state index contributed by atoms with van der Waals surface area (Å²) in [6.45, 7) is 1.66. The lowest BCUT2D eigenvalue weighted by Gasteiger charge is -2.24. The van der Waals surface area contributed by atoms with Crippen molar-refractivity contribution >= 4 is 5.91 Å². The van der Waals surface area contributed by atoms with Gasteiger partial charge in [-0.25, -0.2) is 0 Å². The molecule has 0 radical (unpaired) electrons. The van der Waals surface area contributed by atoms with Crippen LogP contribution in [0.1, 0.15) is 32.6 Å². The number of unbranched alkanes of at least 4 members (excludes halogenated alkanes) is 3. The van der Waals surface area contributed by atoms with Crippen LogP contribution in [0.5, 0.6) is 0 Å². The molecule has 114 valence electrons. The van der Waals surface area contributed by atoms with Crippen LogP contribution >= 0.6 is 0 Å². The van der Waals surface area contributed by atoms with Gasteiger partial charge in [-0.3, -0.25) is 4.79 Å². The number of aliphatic hydroxyl groups is 5. The van der Waals surface area contributed by atoms with Gasteiger partial charge in [0.05, 0.1) is 6.61 Å². The molecule has 1 amide bonds. The van der Waals surface area contributed by atoms with Gasteiger partial charge in [0.2, 0.25) is 0 Å². The quantitative estimate of drug-likeness (QED) is 0.260.